The van der Waals surface area contributed by atoms with Gasteiger partial charge in [-0.15, -0.1) is 4.40 Å². The van der Waals surface area contributed by atoms with Gasteiger partial charge in [0.2, 0.25) is 5.91 Å². The third-order valence-electron chi connectivity index (χ3n) is 3.69. The molecule has 3 rings (SSSR count). The van der Waals surface area contributed by atoms with E-state index in [-0.39, 0.29) is 23.2 Å². The maximum absolute atomic E-state index is 12.2. The molecule has 1 amide bonds. The molecule has 0 aromatic heterocycles. The molecule has 124 valence electrons. The van der Waals surface area contributed by atoms with Crippen molar-refractivity contribution >= 4 is 27.5 Å². The molecule has 0 saturated heterocycles. The van der Waals surface area contributed by atoms with E-state index in [9.17, 15) is 13.2 Å². The first-order chi connectivity index (χ1) is 11.4. The lowest BCUT2D eigenvalue weighted by Crippen LogP contribution is -2.34. The average molecular weight is 343 g/mol. The summed E-state index contributed by atoms with van der Waals surface area (Å²) >= 11 is 0. The maximum Gasteiger partial charge on any atom is 0.285 e. The minimum absolute atomic E-state index is 0.00341. The number of rotatable bonds is 3. The normalized spacial score (nSPS) is 14.7. The van der Waals surface area contributed by atoms with Crippen molar-refractivity contribution in [2.24, 2.45) is 4.40 Å². The van der Waals surface area contributed by atoms with Crippen molar-refractivity contribution in [3.63, 3.8) is 0 Å². The maximum atomic E-state index is 12.2. The van der Waals surface area contributed by atoms with Crippen molar-refractivity contribution in [3.05, 3.63) is 59.7 Å². The summed E-state index contributed by atoms with van der Waals surface area (Å²) in [6.45, 7) is 1.96. The van der Waals surface area contributed by atoms with Crippen molar-refractivity contribution in [1.29, 1.82) is 0 Å². The largest absolute Gasteiger partial charge is 0.349 e. The van der Waals surface area contributed by atoms with Gasteiger partial charge in [0.05, 0.1) is 6.54 Å². The highest BCUT2D eigenvalue weighted by atomic mass is 32.2. The second kappa shape index (κ2) is 6.09. The van der Waals surface area contributed by atoms with Crippen LogP contribution in [0.3, 0.4) is 0 Å². The molecule has 0 aliphatic carbocycles. The molecule has 1 aliphatic rings. The fourth-order valence-electron chi connectivity index (χ4n) is 2.49. The Morgan fingerprint density at radius 2 is 1.79 bits per heavy atom. The molecule has 1 aliphatic heterocycles. The van der Waals surface area contributed by atoms with Gasteiger partial charge in [0.15, 0.2) is 5.84 Å². The van der Waals surface area contributed by atoms with Gasteiger partial charge in [-0.1, -0.05) is 29.8 Å². The van der Waals surface area contributed by atoms with Crippen molar-refractivity contribution in [1.82, 2.24) is 4.90 Å². The number of carbonyl (C=O) groups is 1. The van der Waals surface area contributed by atoms with Crippen molar-refractivity contribution in [2.45, 2.75) is 11.8 Å². The predicted octanol–water partition coefficient (Wildman–Crippen LogP) is 2.01. The SMILES string of the molecule is Cc1ccc(NC(=O)CN(C)C2=NS(=O)(=O)c3ccccc32)cc1. The first-order valence-corrected chi connectivity index (χ1v) is 8.83. The van der Waals surface area contributed by atoms with Gasteiger partial charge in [-0.05, 0) is 31.2 Å². The fourth-order valence-corrected chi connectivity index (χ4v) is 3.74. The number of likely N-dealkylation sites (N-methyl/N-ethyl adjacent to an activating group) is 1. The smallest absolute Gasteiger partial charge is 0.285 e. The highest BCUT2D eigenvalue weighted by molar-refractivity contribution is 7.90. The minimum Gasteiger partial charge on any atom is -0.349 e. The van der Waals surface area contributed by atoms with Gasteiger partial charge < -0.3 is 10.2 Å². The lowest BCUT2D eigenvalue weighted by Gasteiger charge is -2.18. The van der Waals surface area contributed by atoms with Crippen LogP contribution in [-0.2, 0) is 14.8 Å². The molecule has 2 aromatic carbocycles. The Morgan fingerprint density at radius 1 is 1.12 bits per heavy atom. The Hall–Kier alpha value is -2.67. The molecular formula is C17H17N3O3S. The van der Waals surface area contributed by atoms with Gasteiger partial charge in [-0.3, -0.25) is 4.79 Å². The van der Waals surface area contributed by atoms with Crippen LogP contribution in [0.25, 0.3) is 0 Å². The van der Waals surface area contributed by atoms with E-state index in [1.165, 1.54) is 11.0 Å². The van der Waals surface area contributed by atoms with Crippen LogP contribution < -0.4 is 5.32 Å². The zero-order valence-electron chi connectivity index (χ0n) is 13.4. The summed E-state index contributed by atoms with van der Waals surface area (Å²) in [6.07, 6.45) is 0. The summed E-state index contributed by atoms with van der Waals surface area (Å²) in [5.74, 6) is 0.0375. The summed E-state index contributed by atoms with van der Waals surface area (Å²) in [5.41, 5.74) is 2.32. The molecule has 0 atom stereocenters. The van der Waals surface area contributed by atoms with Crippen LogP contribution in [0.4, 0.5) is 5.69 Å². The van der Waals surface area contributed by atoms with Crippen LogP contribution in [0.5, 0.6) is 0 Å². The lowest BCUT2D eigenvalue weighted by atomic mass is 10.2. The zero-order chi connectivity index (χ0) is 17.3. The number of sulfonamides is 1. The molecule has 24 heavy (non-hydrogen) atoms. The van der Waals surface area contributed by atoms with E-state index >= 15 is 0 Å². The Bertz CT molecular complexity index is 918. The number of benzene rings is 2. The van der Waals surface area contributed by atoms with Gasteiger partial charge in [0, 0.05) is 18.3 Å². The highest BCUT2D eigenvalue weighted by Gasteiger charge is 2.30. The number of aryl methyl sites for hydroxylation is 1. The predicted molar refractivity (Wildman–Crippen MR) is 92.6 cm³/mol. The molecule has 0 radical (unpaired) electrons. The van der Waals surface area contributed by atoms with E-state index in [2.05, 4.69) is 9.71 Å². The second-order valence-electron chi connectivity index (χ2n) is 5.66. The number of carbonyl (C=O) groups excluding carboxylic acids is 1. The molecule has 1 N–H and O–H groups in total. The van der Waals surface area contributed by atoms with Gasteiger partial charge in [-0.2, -0.15) is 8.42 Å². The Labute approximate surface area is 140 Å². The van der Waals surface area contributed by atoms with Crippen molar-refractivity contribution in [3.8, 4) is 0 Å². The first kappa shape index (κ1) is 16.2. The molecular weight excluding hydrogens is 326 g/mol. The summed E-state index contributed by atoms with van der Waals surface area (Å²) in [5, 5.41) is 2.78. The summed E-state index contributed by atoms with van der Waals surface area (Å²) in [6, 6.07) is 14.1. The molecule has 0 bridgehead atoms. The second-order valence-corrected chi connectivity index (χ2v) is 7.23. The first-order valence-electron chi connectivity index (χ1n) is 7.39. The number of nitrogens with one attached hydrogen (secondary N) is 1. The number of amidine groups is 1. The molecule has 0 unspecified atom stereocenters. The van der Waals surface area contributed by atoms with Gasteiger partial charge in [-0.25, -0.2) is 0 Å². The third kappa shape index (κ3) is 3.16. The third-order valence-corrected chi connectivity index (χ3v) is 5.02. The van der Waals surface area contributed by atoms with Gasteiger partial charge in [0.1, 0.15) is 4.90 Å². The van der Waals surface area contributed by atoms with Gasteiger partial charge in [0.25, 0.3) is 10.0 Å². The fraction of sp³-hybridized carbons (Fsp3) is 0.176. The van der Waals surface area contributed by atoms with Crippen LogP contribution in [0.1, 0.15) is 11.1 Å². The van der Waals surface area contributed by atoms with Crippen LogP contribution in [0.15, 0.2) is 57.8 Å². The van der Waals surface area contributed by atoms with E-state index in [0.29, 0.717) is 11.3 Å². The van der Waals surface area contributed by atoms with Crippen molar-refractivity contribution < 1.29 is 13.2 Å². The van der Waals surface area contributed by atoms with E-state index in [4.69, 9.17) is 0 Å². The van der Waals surface area contributed by atoms with Gasteiger partial charge >= 0.3 is 0 Å². The number of anilines is 1. The quantitative estimate of drug-likeness (QED) is 0.925. The summed E-state index contributed by atoms with van der Waals surface area (Å²) in [4.78, 5) is 13.9. The number of hydrogen-bond acceptors (Lipinski definition) is 4. The number of nitrogens with zero attached hydrogens (tertiary/aromatic N) is 2. The van der Waals surface area contributed by atoms with Crippen LogP contribution in [0, 0.1) is 6.92 Å². The summed E-state index contributed by atoms with van der Waals surface area (Å²) < 4.78 is 27.9. The molecule has 0 spiro atoms. The molecule has 7 heteroatoms. The van der Waals surface area contributed by atoms with Crippen LogP contribution >= 0.6 is 0 Å². The molecule has 6 nitrogen and oxygen atoms in total. The van der Waals surface area contributed by atoms with Crippen LogP contribution in [0.2, 0.25) is 0 Å². The molecule has 0 saturated carbocycles. The average Bonchev–Trinajstić information content (AvgIpc) is 2.82. The molecule has 1 heterocycles. The highest BCUT2D eigenvalue weighted by Crippen LogP contribution is 2.26. The minimum atomic E-state index is -3.68. The molecule has 2 aromatic rings. The number of hydrogen-bond donors (Lipinski definition) is 1. The summed E-state index contributed by atoms with van der Waals surface area (Å²) in [7, 11) is -2.04. The van der Waals surface area contributed by atoms with Crippen LogP contribution in [-0.4, -0.2) is 38.7 Å². The standard InChI is InChI=1S/C17H17N3O3S/c1-12-7-9-13(10-8-12)18-16(21)11-20(2)17-14-5-3-4-6-15(14)24(22,23)19-17/h3-10H,11H2,1-2H3,(H,18,21). The Balaban J connectivity index is 1.75. The van der Waals surface area contributed by atoms with Crippen molar-refractivity contribution in [2.75, 3.05) is 18.9 Å². The van der Waals surface area contributed by atoms with E-state index in [1.807, 2.05) is 31.2 Å². The number of amides is 1. The monoisotopic (exact) mass is 343 g/mol. The number of fused-ring (bicyclic) bond motifs is 1. The Kier molecular flexibility index (Phi) is 4.11. The van der Waals surface area contributed by atoms with E-state index in [0.717, 1.165) is 5.56 Å². The lowest BCUT2D eigenvalue weighted by molar-refractivity contribution is -0.116. The Morgan fingerprint density at radius 3 is 2.50 bits per heavy atom. The van der Waals surface area contributed by atoms with E-state index < -0.39 is 10.0 Å². The molecule has 0 fully saturated rings. The van der Waals surface area contributed by atoms with E-state index in [1.54, 1.807) is 25.2 Å². The zero-order valence-corrected chi connectivity index (χ0v) is 14.2. The topological polar surface area (TPSA) is 78.8 Å².